The van der Waals surface area contributed by atoms with Crippen LogP contribution < -0.4 is 9.21 Å². The van der Waals surface area contributed by atoms with E-state index in [4.69, 9.17) is 0 Å². The number of sulfonamides is 1. The molecule has 0 fully saturated rings. The number of para-hydroxylation sites is 2. The van der Waals surface area contributed by atoms with Gasteiger partial charge in [0.15, 0.2) is 0 Å². The average molecular weight is 407 g/mol. The molecule has 0 radical (unpaired) electrons. The summed E-state index contributed by atoms with van der Waals surface area (Å²) in [6, 6.07) is 19.5. The minimum absolute atomic E-state index is 0.134. The molecule has 0 atom stereocenters. The summed E-state index contributed by atoms with van der Waals surface area (Å²) in [5.74, 6) is 0. The van der Waals surface area contributed by atoms with Crippen molar-refractivity contribution in [3.05, 3.63) is 89.0 Å². The minimum atomic E-state index is -4.02. The van der Waals surface area contributed by atoms with Crippen LogP contribution in [0.25, 0.3) is 0 Å². The Bertz CT molecular complexity index is 1200. The predicted molar refractivity (Wildman–Crippen MR) is 115 cm³/mol. The standard InChI is InChI=1S/C23H22N2O3S/c1-16-8-6-11-19(14-16)15-24-20-12-4-5-13-21(20)29(27,28)25(23(24)26)22-17(2)9-7-10-18(22)3/h4-14H,15H2,1-3H3. The van der Waals surface area contributed by atoms with E-state index in [1.54, 1.807) is 24.3 Å². The number of fused-ring (bicyclic) bond motifs is 1. The van der Waals surface area contributed by atoms with Gasteiger partial charge < -0.3 is 0 Å². The Morgan fingerprint density at radius 3 is 2.17 bits per heavy atom. The number of hydrogen-bond donors (Lipinski definition) is 0. The van der Waals surface area contributed by atoms with E-state index in [0.29, 0.717) is 11.4 Å². The van der Waals surface area contributed by atoms with Gasteiger partial charge in [0, 0.05) is 0 Å². The van der Waals surface area contributed by atoms with Crippen LogP contribution >= 0.6 is 0 Å². The number of nitrogens with zero attached hydrogens (tertiary/aromatic N) is 2. The van der Waals surface area contributed by atoms with Gasteiger partial charge in [-0.2, -0.15) is 4.31 Å². The van der Waals surface area contributed by atoms with Crippen LogP contribution in [0.3, 0.4) is 0 Å². The quantitative estimate of drug-likeness (QED) is 0.619. The minimum Gasteiger partial charge on any atom is -0.287 e. The van der Waals surface area contributed by atoms with Gasteiger partial charge in [-0.05, 0) is 49.6 Å². The maximum absolute atomic E-state index is 13.6. The largest absolute Gasteiger partial charge is 0.343 e. The third kappa shape index (κ3) is 3.19. The van der Waals surface area contributed by atoms with Crippen molar-refractivity contribution in [2.45, 2.75) is 32.2 Å². The summed E-state index contributed by atoms with van der Waals surface area (Å²) in [6.45, 7) is 5.91. The Morgan fingerprint density at radius 1 is 0.828 bits per heavy atom. The molecule has 0 saturated carbocycles. The van der Waals surface area contributed by atoms with Crippen molar-refractivity contribution in [1.82, 2.24) is 0 Å². The number of carbonyl (C=O) groups is 1. The molecular formula is C23H22N2O3S. The van der Waals surface area contributed by atoms with Crippen molar-refractivity contribution in [3.63, 3.8) is 0 Å². The molecule has 0 unspecified atom stereocenters. The number of rotatable bonds is 3. The molecule has 6 heteroatoms. The smallest absolute Gasteiger partial charge is 0.287 e. The van der Waals surface area contributed by atoms with Gasteiger partial charge >= 0.3 is 6.03 Å². The molecule has 0 spiro atoms. The summed E-state index contributed by atoms with van der Waals surface area (Å²) >= 11 is 0. The topological polar surface area (TPSA) is 57.7 Å². The fourth-order valence-electron chi connectivity index (χ4n) is 3.80. The Morgan fingerprint density at radius 2 is 1.48 bits per heavy atom. The van der Waals surface area contributed by atoms with E-state index in [-0.39, 0.29) is 11.4 Å². The molecule has 3 aromatic rings. The van der Waals surface area contributed by atoms with Gasteiger partial charge in [0.25, 0.3) is 10.0 Å². The number of carbonyl (C=O) groups excluding carboxylic acids is 1. The lowest BCUT2D eigenvalue weighted by Crippen LogP contribution is -2.51. The Hall–Kier alpha value is -3.12. The molecule has 1 aliphatic rings. The maximum atomic E-state index is 13.6. The second kappa shape index (κ2) is 7.04. The van der Waals surface area contributed by atoms with Gasteiger partial charge in [-0.3, -0.25) is 4.90 Å². The highest BCUT2D eigenvalue weighted by Crippen LogP contribution is 2.40. The molecular weight excluding hydrogens is 384 g/mol. The number of anilines is 2. The highest BCUT2D eigenvalue weighted by molar-refractivity contribution is 7.94. The van der Waals surface area contributed by atoms with Crippen LogP contribution in [-0.2, 0) is 16.6 Å². The number of hydrogen-bond acceptors (Lipinski definition) is 3. The molecule has 0 aromatic heterocycles. The molecule has 29 heavy (non-hydrogen) atoms. The Kier molecular flexibility index (Phi) is 4.67. The third-order valence-electron chi connectivity index (χ3n) is 5.14. The van der Waals surface area contributed by atoms with Gasteiger partial charge in [-0.1, -0.05) is 60.2 Å². The molecule has 5 nitrogen and oxygen atoms in total. The second-order valence-corrected chi connectivity index (χ2v) is 9.09. The lowest BCUT2D eigenvalue weighted by atomic mass is 10.1. The van der Waals surface area contributed by atoms with E-state index in [2.05, 4.69) is 0 Å². The summed E-state index contributed by atoms with van der Waals surface area (Å²) in [5.41, 5.74) is 4.31. The summed E-state index contributed by atoms with van der Waals surface area (Å²) in [7, 11) is -4.02. The first kappa shape index (κ1) is 19.2. The van der Waals surface area contributed by atoms with Gasteiger partial charge in [0.2, 0.25) is 0 Å². The number of urea groups is 1. The number of benzene rings is 3. The fraction of sp³-hybridized carbons (Fsp3) is 0.174. The highest BCUT2D eigenvalue weighted by atomic mass is 32.2. The van der Waals surface area contributed by atoms with E-state index in [9.17, 15) is 13.2 Å². The first-order valence-corrected chi connectivity index (χ1v) is 10.8. The lowest BCUT2D eigenvalue weighted by Gasteiger charge is -2.37. The Labute approximate surface area is 171 Å². The van der Waals surface area contributed by atoms with Crippen LogP contribution in [0, 0.1) is 20.8 Å². The number of amides is 2. The number of aryl methyl sites for hydroxylation is 3. The molecule has 1 aliphatic heterocycles. The van der Waals surface area contributed by atoms with Crippen LogP contribution in [-0.4, -0.2) is 14.4 Å². The Balaban J connectivity index is 1.92. The van der Waals surface area contributed by atoms with Crippen LogP contribution in [0.4, 0.5) is 16.2 Å². The molecule has 4 rings (SSSR count). The molecule has 0 N–H and O–H groups in total. The van der Waals surface area contributed by atoms with Gasteiger partial charge in [0.05, 0.1) is 17.9 Å². The van der Waals surface area contributed by atoms with Crippen molar-refractivity contribution in [3.8, 4) is 0 Å². The van der Waals surface area contributed by atoms with Crippen molar-refractivity contribution >= 4 is 27.4 Å². The molecule has 0 bridgehead atoms. The second-order valence-electron chi connectivity index (χ2n) is 7.34. The average Bonchev–Trinajstić information content (AvgIpc) is 2.68. The first-order chi connectivity index (χ1) is 13.8. The summed E-state index contributed by atoms with van der Waals surface area (Å²) in [5, 5.41) is 0. The van der Waals surface area contributed by atoms with Gasteiger partial charge in [-0.15, -0.1) is 0 Å². The normalized spacial score (nSPS) is 15.3. The highest BCUT2D eigenvalue weighted by Gasteiger charge is 2.43. The summed E-state index contributed by atoms with van der Waals surface area (Å²) in [6.07, 6.45) is 0. The predicted octanol–water partition coefficient (Wildman–Crippen LogP) is 4.95. The SMILES string of the molecule is Cc1cccc(CN2C(=O)N(c3c(C)cccc3C)S(=O)(=O)c3ccccc32)c1. The van der Waals surface area contributed by atoms with E-state index >= 15 is 0 Å². The zero-order valence-electron chi connectivity index (χ0n) is 16.6. The first-order valence-electron chi connectivity index (χ1n) is 9.38. The zero-order chi connectivity index (χ0) is 20.8. The van der Waals surface area contributed by atoms with Crippen LogP contribution in [0.1, 0.15) is 22.3 Å². The van der Waals surface area contributed by atoms with Gasteiger partial charge in [-0.25, -0.2) is 13.2 Å². The van der Waals surface area contributed by atoms with Crippen LogP contribution in [0.2, 0.25) is 0 Å². The lowest BCUT2D eigenvalue weighted by molar-refractivity contribution is 0.253. The molecule has 0 saturated heterocycles. The van der Waals surface area contributed by atoms with Crippen LogP contribution in [0.5, 0.6) is 0 Å². The molecule has 0 aliphatic carbocycles. The molecule has 1 heterocycles. The maximum Gasteiger partial charge on any atom is 0.343 e. The monoisotopic (exact) mass is 406 g/mol. The van der Waals surface area contributed by atoms with E-state index < -0.39 is 16.1 Å². The molecule has 148 valence electrons. The van der Waals surface area contributed by atoms with Crippen molar-refractivity contribution in [2.24, 2.45) is 0 Å². The fourth-order valence-corrected chi connectivity index (χ4v) is 5.52. The summed E-state index contributed by atoms with van der Waals surface area (Å²) < 4.78 is 27.9. The van der Waals surface area contributed by atoms with E-state index in [0.717, 1.165) is 26.6 Å². The summed E-state index contributed by atoms with van der Waals surface area (Å²) in [4.78, 5) is 15.2. The van der Waals surface area contributed by atoms with Gasteiger partial charge in [0.1, 0.15) is 4.90 Å². The third-order valence-corrected chi connectivity index (χ3v) is 6.87. The van der Waals surface area contributed by atoms with Crippen molar-refractivity contribution in [1.29, 1.82) is 0 Å². The van der Waals surface area contributed by atoms with Crippen molar-refractivity contribution in [2.75, 3.05) is 9.21 Å². The zero-order valence-corrected chi connectivity index (χ0v) is 17.4. The van der Waals surface area contributed by atoms with E-state index in [1.807, 2.05) is 63.2 Å². The molecule has 3 aromatic carbocycles. The van der Waals surface area contributed by atoms with E-state index in [1.165, 1.54) is 4.90 Å². The van der Waals surface area contributed by atoms with Crippen LogP contribution in [0.15, 0.2) is 71.6 Å². The van der Waals surface area contributed by atoms with Crippen molar-refractivity contribution < 1.29 is 13.2 Å². The molecule has 2 amide bonds.